The van der Waals surface area contributed by atoms with Crippen LogP contribution in [0.1, 0.15) is 36.8 Å². The summed E-state index contributed by atoms with van der Waals surface area (Å²) in [5, 5.41) is 6.72. The fourth-order valence-corrected chi connectivity index (χ4v) is 2.76. The van der Waals surface area contributed by atoms with Gasteiger partial charge < -0.3 is 15.4 Å². The molecular formula is C21H22N4O3. The lowest BCUT2D eigenvalue weighted by Crippen LogP contribution is -2.14. The zero-order chi connectivity index (χ0) is 20.3. The van der Waals surface area contributed by atoms with Gasteiger partial charge >= 0.3 is 5.97 Å². The first-order valence-electron chi connectivity index (χ1n) is 8.95. The number of esters is 1. The number of rotatable bonds is 5. The van der Waals surface area contributed by atoms with Crippen LogP contribution in [-0.2, 0) is 9.53 Å². The molecule has 0 fully saturated rings. The van der Waals surface area contributed by atoms with Gasteiger partial charge in [0.05, 0.1) is 11.8 Å². The zero-order valence-corrected chi connectivity index (χ0v) is 16.2. The molecule has 7 nitrogen and oxygen atoms in total. The van der Waals surface area contributed by atoms with Gasteiger partial charge in [0.1, 0.15) is 5.56 Å². The molecule has 0 aliphatic heterocycles. The summed E-state index contributed by atoms with van der Waals surface area (Å²) >= 11 is 0. The van der Waals surface area contributed by atoms with Crippen LogP contribution in [0.5, 0.6) is 0 Å². The van der Waals surface area contributed by atoms with E-state index in [2.05, 4.69) is 20.6 Å². The smallest absolute Gasteiger partial charge is 0.342 e. The highest BCUT2D eigenvalue weighted by Gasteiger charge is 2.19. The molecule has 0 bridgehead atoms. The molecule has 1 amide bonds. The van der Waals surface area contributed by atoms with E-state index in [0.717, 1.165) is 5.69 Å². The highest BCUT2D eigenvalue weighted by molar-refractivity contribution is 6.05. The van der Waals surface area contributed by atoms with E-state index in [0.29, 0.717) is 33.7 Å². The number of ether oxygens (including phenoxy) is 1. The Morgan fingerprint density at radius 3 is 2.57 bits per heavy atom. The van der Waals surface area contributed by atoms with E-state index in [4.69, 9.17) is 4.74 Å². The molecule has 2 aromatic heterocycles. The summed E-state index contributed by atoms with van der Waals surface area (Å²) < 4.78 is 5.37. The Kier molecular flexibility index (Phi) is 5.54. The monoisotopic (exact) mass is 378 g/mol. The maximum Gasteiger partial charge on any atom is 0.342 e. The Balaban J connectivity index is 2.09. The summed E-state index contributed by atoms with van der Waals surface area (Å²) in [5.41, 5.74) is 3.59. The first-order chi connectivity index (χ1) is 13.3. The highest BCUT2D eigenvalue weighted by atomic mass is 16.5. The average molecular weight is 378 g/mol. The predicted molar refractivity (Wildman–Crippen MR) is 109 cm³/mol. The number of fused-ring (bicyclic) bond motifs is 1. The lowest BCUT2D eigenvalue weighted by atomic mass is 10.1. The molecule has 7 heteroatoms. The van der Waals surface area contributed by atoms with Crippen molar-refractivity contribution in [2.75, 3.05) is 10.6 Å². The minimum absolute atomic E-state index is 0.160. The molecule has 0 aliphatic carbocycles. The quantitative estimate of drug-likeness (QED) is 0.646. The van der Waals surface area contributed by atoms with E-state index in [9.17, 15) is 9.59 Å². The Morgan fingerprint density at radius 1 is 1.11 bits per heavy atom. The molecule has 0 aliphatic rings. The van der Waals surface area contributed by atoms with Crippen LogP contribution in [-0.4, -0.2) is 27.9 Å². The number of carbonyl (C=O) groups is 2. The van der Waals surface area contributed by atoms with E-state index in [-0.39, 0.29) is 12.0 Å². The van der Waals surface area contributed by atoms with Crippen LogP contribution >= 0.6 is 0 Å². The van der Waals surface area contributed by atoms with Gasteiger partial charge in [0, 0.05) is 35.6 Å². The van der Waals surface area contributed by atoms with Crippen molar-refractivity contribution < 1.29 is 14.3 Å². The topological polar surface area (TPSA) is 93.2 Å². The van der Waals surface area contributed by atoms with Gasteiger partial charge in [-0.3, -0.25) is 4.79 Å². The Labute approximate surface area is 163 Å². The molecule has 0 unspecified atom stereocenters. The van der Waals surface area contributed by atoms with Crippen LogP contribution in [0.3, 0.4) is 0 Å². The molecule has 0 atom stereocenters. The third-order valence-corrected chi connectivity index (χ3v) is 3.88. The van der Waals surface area contributed by atoms with Crippen molar-refractivity contribution in [3.8, 4) is 0 Å². The zero-order valence-electron chi connectivity index (χ0n) is 16.2. The minimum Gasteiger partial charge on any atom is -0.459 e. The average Bonchev–Trinajstić information content (AvgIpc) is 2.60. The first kappa shape index (κ1) is 19.3. The molecule has 1 aromatic carbocycles. The van der Waals surface area contributed by atoms with Gasteiger partial charge in [-0.25, -0.2) is 14.8 Å². The van der Waals surface area contributed by atoms with Crippen molar-refractivity contribution in [2.45, 2.75) is 33.8 Å². The molecule has 0 spiro atoms. The van der Waals surface area contributed by atoms with Crippen molar-refractivity contribution in [3.05, 3.63) is 53.9 Å². The molecule has 3 aromatic rings. The van der Waals surface area contributed by atoms with Crippen molar-refractivity contribution >= 4 is 40.0 Å². The normalized spacial score (nSPS) is 10.8. The third kappa shape index (κ3) is 4.43. The van der Waals surface area contributed by atoms with Crippen LogP contribution < -0.4 is 10.6 Å². The highest BCUT2D eigenvalue weighted by Crippen LogP contribution is 2.30. The second-order valence-electron chi connectivity index (χ2n) is 6.71. The Hall–Kier alpha value is -3.48. The Bertz CT molecular complexity index is 1050. The number of aryl methyl sites for hydroxylation is 1. The molecular weight excluding hydrogens is 356 g/mol. The SMILES string of the molecule is CC(=O)Nc1cccc(Nc2c(C(=O)OC(C)C)cnc3nc(C)ccc23)c1. The second kappa shape index (κ2) is 8.04. The van der Waals surface area contributed by atoms with Gasteiger partial charge in [0.25, 0.3) is 0 Å². The number of hydrogen-bond donors (Lipinski definition) is 2. The van der Waals surface area contributed by atoms with Crippen LogP contribution in [0, 0.1) is 6.92 Å². The number of amides is 1. The lowest BCUT2D eigenvalue weighted by Gasteiger charge is -2.16. The number of pyridine rings is 2. The number of hydrogen-bond acceptors (Lipinski definition) is 6. The molecule has 2 N–H and O–H groups in total. The maximum atomic E-state index is 12.6. The summed E-state index contributed by atoms with van der Waals surface area (Å²) in [6.07, 6.45) is 1.22. The van der Waals surface area contributed by atoms with Gasteiger partial charge in [0.15, 0.2) is 5.65 Å². The van der Waals surface area contributed by atoms with Gasteiger partial charge in [-0.1, -0.05) is 6.07 Å². The summed E-state index contributed by atoms with van der Waals surface area (Å²) in [7, 11) is 0. The van der Waals surface area contributed by atoms with Crippen LogP contribution in [0.15, 0.2) is 42.6 Å². The fourth-order valence-electron chi connectivity index (χ4n) is 2.76. The van der Waals surface area contributed by atoms with Crippen LogP contribution in [0.2, 0.25) is 0 Å². The standard InChI is InChI=1S/C21H22N4O3/c1-12(2)28-21(27)18-11-22-20-17(9-8-13(3)23-20)19(18)25-16-7-5-6-15(10-16)24-14(4)26/h5-12H,1-4H3,(H,24,26)(H,22,23,25). The number of anilines is 3. The first-order valence-corrected chi connectivity index (χ1v) is 8.95. The summed E-state index contributed by atoms with van der Waals surface area (Å²) in [6, 6.07) is 11.0. The fraction of sp³-hybridized carbons (Fsp3) is 0.238. The van der Waals surface area contributed by atoms with Crippen LogP contribution in [0.4, 0.5) is 17.1 Å². The summed E-state index contributed by atoms with van der Waals surface area (Å²) in [5.74, 6) is -0.627. The third-order valence-electron chi connectivity index (χ3n) is 3.88. The van der Waals surface area contributed by atoms with Crippen molar-refractivity contribution in [1.82, 2.24) is 9.97 Å². The van der Waals surface area contributed by atoms with E-state index in [1.165, 1.54) is 13.1 Å². The molecule has 2 heterocycles. The summed E-state index contributed by atoms with van der Waals surface area (Å²) in [4.78, 5) is 32.7. The maximum absolute atomic E-state index is 12.6. The van der Waals surface area contributed by atoms with Gasteiger partial charge in [-0.15, -0.1) is 0 Å². The van der Waals surface area contributed by atoms with Gasteiger partial charge in [-0.05, 0) is 51.1 Å². The second-order valence-corrected chi connectivity index (χ2v) is 6.71. The number of benzene rings is 1. The number of nitrogens with one attached hydrogen (secondary N) is 2. The van der Waals surface area contributed by atoms with Gasteiger partial charge in [-0.2, -0.15) is 0 Å². The van der Waals surface area contributed by atoms with E-state index >= 15 is 0 Å². The van der Waals surface area contributed by atoms with Crippen LogP contribution in [0.25, 0.3) is 11.0 Å². The number of aromatic nitrogens is 2. The lowest BCUT2D eigenvalue weighted by molar-refractivity contribution is -0.114. The minimum atomic E-state index is -0.467. The number of carbonyl (C=O) groups excluding carboxylic acids is 2. The molecule has 0 saturated heterocycles. The van der Waals surface area contributed by atoms with Crippen molar-refractivity contribution in [2.24, 2.45) is 0 Å². The number of nitrogens with zero attached hydrogens (tertiary/aromatic N) is 2. The molecule has 28 heavy (non-hydrogen) atoms. The largest absolute Gasteiger partial charge is 0.459 e. The van der Waals surface area contributed by atoms with Crippen molar-refractivity contribution in [3.63, 3.8) is 0 Å². The van der Waals surface area contributed by atoms with E-state index in [1.54, 1.807) is 26.0 Å². The molecule has 3 rings (SSSR count). The van der Waals surface area contributed by atoms with E-state index in [1.807, 2.05) is 31.2 Å². The Morgan fingerprint density at radius 2 is 1.86 bits per heavy atom. The van der Waals surface area contributed by atoms with E-state index < -0.39 is 5.97 Å². The van der Waals surface area contributed by atoms with Gasteiger partial charge in [0.2, 0.25) is 5.91 Å². The van der Waals surface area contributed by atoms with Crippen molar-refractivity contribution in [1.29, 1.82) is 0 Å². The summed E-state index contributed by atoms with van der Waals surface area (Å²) in [6.45, 7) is 6.92. The molecule has 0 saturated carbocycles. The predicted octanol–water partition coefficient (Wildman–Crippen LogP) is 4.21. The molecule has 0 radical (unpaired) electrons. The molecule has 144 valence electrons.